The fourth-order valence-electron chi connectivity index (χ4n) is 2.86. The van der Waals surface area contributed by atoms with Crippen molar-refractivity contribution >= 4 is 38.9 Å². The first-order valence-corrected chi connectivity index (χ1v) is 10.5. The molecule has 1 saturated heterocycles. The van der Waals surface area contributed by atoms with Crippen LogP contribution in [0.5, 0.6) is 0 Å². The van der Waals surface area contributed by atoms with Crippen molar-refractivity contribution in [2.75, 3.05) is 18.4 Å². The molecule has 0 radical (unpaired) electrons. The molecule has 0 unspecified atom stereocenters. The smallest absolute Gasteiger partial charge is 0.313 e. The second kappa shape index (κ2) is 7.98. The molecule has 1 aliphatic heterocycles. The molecule has 7 nitrogen and oxygen atoms in total. The van der Waals surface area contributed by atoms with Gasteiger partial charge in [0.1, 0.15) is 4.21 Å². The average Bonchev–Trinajstić information content (AvgIpc) is 3.32. The van der Waals surface area contributed by atoms with Crippen LogP contribution in [0.15, 0.2) is 52.1 Å². The number of amides is 2. The van der Waals surface area contributed by atoms with Crippen LogP contribution in [-0.4, -0.2) is 43.7 Å². The van der Waals surface area contributed by atoms with E-state index in [9.17, 15) is 18.0 Å². The van der Waals surface area contributed by atoms with E-state index in [0.29, 0.717) is 18.7 Å². The van der Waals surface area contributed by atoms with Gasteiger partial charge < -0.3 is 10.6 Å². The maximum Gasteiger partial charge on any atom is 0.313 e. The standard InChI is InChI=1S/C17H19N3O4S2/c21-16(17(22)19-13-6-2-1-3-7-13)18-12-14-8-4-10-20(14)26(23,24)15-9-5-11-25-15/h1-3,5-7,9,11,14H,4,8,10,12H2,(H,18,21)(H,19,22)/t14-/m1/s1. The molecule has 0 bridgehead atoms. The second-order valence-electron chi connectivity index (χ2n) is 5.87. The summed E-state index contributed by atoms with van der Waals surface area (Å²) in [6.07, 6.45) is 1.37. The van der Waals surface area contributed by atoms with E-state index in [1.165, 1.54) is 15.6 Å². The molecule has 26 heavy (non-hydrogen) atoms. The summed E-state index contributed by atoms with van der Waals surface area (Å²) >= 11 is 1.17. The van der Waals surface area contributed by atoms with Crippen LogP contribution < -0.4 is 10.6 Å². The molecule has 0 saturated carbocycles. The van der Waals surface area contributed by atoms with E-state index in [1.54, 1.807) is 47.8 Å². The molecule has 0 spiro atoms. The van der Waals surface area contributed by atoms with Crippen LogP contribution in [0.1, 0.15) is 12.8 Å². The van der Waals surface area contributed by atoms with E-state index in [-0.39, 0.29) is 16.8 Å². The minimum absolute atomic E-state index is 0.103. The van der Waals surface area contributed by atoms with Gasteiger partial charge in [-0.2, -0.15) is 4.31 Å². The normalized spacial score (nSPS) is 17.8. The number of nitrogens with zero attached hydrogens (tertiary/aromatic N) is 1. The van der Waals surface area contributed by atoms with E-state index < -0.39 is 21.8 Å². The van der Waals surface area contributed by atoms with Crippen molar-refractivity contribution in [3.63, 3.8) is 0 Å². The third-order valence-corrected chi connectivity index (χ3v) is 7.44. The molecule has 1 aromatic carbocycles. The van der Waals surface area contributed by atoms with Gasteiger partial charge in [0.15, 0.2) is 0 Å². The van der Waals surface area contributed by atoms with Crippen molar-refractivity contribution in [3.8, 4) is 0 Å². The predicted octanol–water partition coefficient (Wildman–Crippen LogP) is 1.66. The number of rotatable bonds is 5. The Morgan fingerprint density at radius 1 is 1.12 bits per heavy atom. The first kappa shape index (κ1) is 18.6. The van der Waals surface area contributed by atoms with E-state index >= 15 is 0 Å². The van der Waals surface area contributed by atoms with E-state index in [0.717, 1.165) is 6.42 Å². The maximum absolute atomic E-state index is 12.7. The largest absolute Gasteiger partial charge is 0.346 e. The number of thiophene rings is 1. The second-order valence-corrected chi connectivity index (χ2v) is 8.94. The Balaban J connectivity index is 1.58. The van der Waals surface area contributed by atoms with Crippen LogP contribution >= 0.6 is 11.3 Å². The summed E-state index contributed by atoms with van der Waals surface area (Å²) in [5.41, 5.74) is 0.524. The van der Waals surface area contributed by atoms with Crippen molar-refractivity contribution in [3.05, 3.63) is 47.8 Å². The maximum atomic E-state index is 12.7. The molecule has 2 aromatic rings. The van der Waals surface area contributed by atoms with Crippen molar-refractivity contribution < 1.29 is 18.0 Å². The quantitative estimate of drug-likeness (QED) is 0.755. The monoisotopic (exact) mass is 393 g/mol. The van der Waals surface area contributed by atoms with E-state index in [4.69, 9.17) is 0 Å². The number of hydrogen-bond donors (Lipinski definition) is 2. The highest BCUT2D eigenvalue weighted by molar-refractivity contribution is 7.91. The number of anilines is 1. The highest BCUT2D eigenvalue weighted by atomic mass is 32.2. The molecule has 2 N–H and O–H groups in total. The summed E-state index contributed by atoms with van der Waals surface area (Å²) in [4.78, 5) is 23.9. The molecule has 0 aliphatic carbocycles. The number of para-hydroxylation sites is 1. The molecule has 9 heteroatoms. The minimum Gasteiger partial charge on any atom is -0.346 e. The molecule has 1 fully saturated rings. The van der Waals surface area contributed by atoms with Gasteiger partial charge in [0.2, 0.25) is 0 Å². The molecular weight excluding hydrogens is 374 g/mol. The lowest BCUT2D eigenvalue weighted by atomic mass is 10.2. The van der Waals surface area contributed by atoms with Gasteiger partial charge >= 0.3 is 11.8 Å². The van der Waals surface area contributed by atoms with Gasteiger partial charge in [-0.3, -0.25) is 9.59 Å². The predicted molar refractivity (Wildman–Crippen MR) is 99.3 cm³/mol. The topological polar surface area (TPSA) is 95.6 Å². The zero-order valence-corrected chi connectivity index (χ0v) is 15.6. The summed E-state index contributed by atoms with van der Waals surface area (Å²) in [6, 6.07) is 11.6. The molecular formula is C17H19N3O4S2. The van der Waals surface area contributed by atoms with Crippen LogP contribution in [0.4, 0.5) is 5.69 Å². The van der Waals surface area contributed by atoms with Gasteiger partial charge in [0, 0.05) is 24.8 Å². The molecule has 1 aliphatic rings. The Bertz CT molecular complexity index is 867. The van der Waals surface area contributed by atoms with Gasteiger partial charge in [-0.1, -0.05) is 24.3 Å². The van der Waals surface area contributed by atoms with Gasteiger partial charge in [0.05, 0.1) is 0 Å². The lowest BCUT2D eigenvalue weighted by Gasteiger charge is -2.23. The molecule has 2 heterocycles. The average molecular weight is 393 g/mol. The first-order chi connectivity index (χ1) is 12.5. The van der Waals surface area contributed by atoms with Gasteiger partial charge in [-0.25, -0.2) is 8.42 Å². The number of sulfonamides is 1. The Morgan fingerprint density at radius 3 is 2.58 bits per heavy atom. The van der Waals surface area contributed by atoms with Crippen LogP contribution in [0.3, 0.4) is 0 Å². The van der Waals surface area contributed by atoms with E-state index in [1.807, 2.05) is 0 Å². The van der Waals surface area contributed by atoms with Crippen molar-refractivity contribution in [1.29, 1.82) is 0 Å². The fourth-order valence-corrected chi connectivity index (χ4v) is 5.67. The molecule has 1 aromatic heterocycles. The number of nitrogens with one attached hydrogen (secondary N) is 2. The highest BCUT2D eigenvalue weighted by Gasteiger charge is 2.36. The Kier molecular flexibility index (Phi) is 5.70. The van der Waals surface area contributed by atoms with Crippen LogP contribution in [-0.2, 0) is 19.6 Å². The Labute approximate surface area is 156 Å². The third kappa shape index (κ3) is 4.12. The minimum atomic E-state index is -3.56. The summed E-state index contributed by atoms with van der Waals surface area (Å²) < 4.78 is 27.0. The summed E-state index contributed by atoms with van der Waals surface area (Å²) in [5, 5.41) is 6.75. The summed E-state index contributed by atoms with van der Waals surface area (Å²) in [7, 11) is -3.56. The first-order valence-electron chi connectivity index (χ1n) is 8.18. The number of hydrogen-bond acceptors (Lipinski definition) is 5. The van der Waals surface area contributed by atoms with Gasteiger partial charge in [-0.15, -0.1) is 11.3 Å². The number of carbonyl (C=O) groups is 2. The van der Waals surface area contributed by atoms with Gasteiger partial charge in [-0.05, 0) is 36.4 Å². The lowest BCUT2D eigenvalue weighted by molar-refractivity contribution is -0.136. The summed E-state index contributed by atoms with van der Waals surface area (Å²) in [6.45, 7) is 0.516. The molecule has 2 amide bonds. The number of benzene rings is 1. The van der Waals surface area contributed by atoms with Crippen LogP contribution in [0.2, 0.25) is 0 Å². The van der Waals surface area contributed by atoms with E-state index in [2.05, 4.69) is 10.6 Å². The molecule has 1 atom stereocenters. The Hall–Kier alpha value is -2.23. The lowest BCUT2D eigenvalue weighted by Crippen LogP contribution is -2.45. The molecule has 138 valence electrons. The van der Waals surface area contributed by atoms with Crippen LogP contribution in [0.25, 0.3) is 0 Å². The third-order valence-electron chi connectivity index (χ3n) is 4.12. The zero-order chi connectivity index (χ0) is 18.6. The van der Waals surface area contributed by atoms with Crippen LogP contribution in [0, 0.1) is 0 Å². The summed E-state index contributed by atoms with van der Waals surface area (Å²) in [5.74, 6) is -1.56. The fraction of sp³-hybridized carbons (Fsp3) is 0.294. The highest BCUT2D eigenvalue weighted by Crippen LogP contribution is 2.28. The SMILES string of the molecule is O=C(NC[C@H]1CCCN1S(=O)(=O)c1cccs1)C(=O)Nc1ccccc1. The van der Waals surface area contributed by atoms with Gasteiger partial charge in [0.25, 0.3) is 10.0 Å². The molecule has 3 rings (SSSR count). The van der Waals surface area contributed by atoms with Crippen molar-refractivity contribution in [2.24, 2.45) is 0 Å². The zero-order valence-electron chi connectivity index (χ0n) is 13.9. The number of carbonyl (C=O) groups excluding carboxylic acids is 2. The van der Waals surface area contributed by atoms with Crippen molar-refractivity contribution in [2.45, 2.75) is 23.1 Å². The van der Waals surface area contributed by atoms with Crippen molar-refractivity contribution in [1.82, 2.24) is 9.62 Å². The Morgan fingerprint density at radius 2 is 1.88 bits per heavy atom.